The Morgan fingerprint density at radius 2 is 2.24 bits per heavy atom. The first-order valence-corrected chi connectivity index (χ1v) is 8.06. The Hall–Kier alpha value is -3.09. The summed E-state index contributed by atoms with van der Waals surface area (Å²) in [4.78, 5) is 16.3. The van der Waals surface area contributed by atoms with Crippen LogP contribution in [0.2, 0.25) is 0 Å². The zero-order valence-electron chi connectivity index (χ0n) is 14.2. The van der Waals surface area contributed by atoms with Crippen LogP contribution in [0.3, 0.4) is 0 Å². The van der Waals surface area contributed by atoms with Crippen LogP contribution in [0, 0.1) is 0 Å². The van der Waals surface area contributed by atoms with Crippen molar-refractivity contribution >= 4 is 5.91 Å². The summed E-state index contributed by atoms with van der Waals surface area (Å²) in [6.07, 6.45) is 4.28. The van der Waals surface area contributed by atoms with Crippen molar-refractivity contribution in [3.05, 3.63) is 54.2 Å². The molecule has 2 aromatic heterocycles. The van der Waals surface area contributed by atoms with Crippen LogP contribution in [-0.4, -0.2) is 27.7 Å². The molecule has 0 bridgehead atoms. The molecule has 3 rings (SSSR count). The number of ether oxygens (including phenoxy) is 1. The van der Waals surface area contributed by atoms with E-state index in [1.807, 2.05) is 41.8 Å². The van der Waals surface area contributed by atoms with Gasteiger partial charge in [-0.1, -0.05) is 24.2 Å². The van der Waals surface area contributed by atoms with Crippen LogP contribution in [0.15, 0.2) is 47.2 Å². The van der Waals surface area contributed by atoms with E-state index in [0.717, 1.165) is 23.6 Å². The molecule has 0 aliphatic carbocycles. The number of nitrogens with zero attached hydrogens (tertiary/aromatic N) is 3. The van der Waals surface area contributed by atoms with Gasteiger partial charge in [-0.2, -0.15) is 0 Å². The standard InChI is InChI=1S/C18H20N4O3/c1-3-17-19-7-8-22(17)12-18(23)20-11-14-10-16(25-21-14)13-5-4-6-15(9-13)24-2/h4-10H,3,11-12H2,1-2H3,(H,20,23). The molecule has 0 radical (unpaired) electrons. The van der Waals surface area contributed by atoms with Gasteiger partial charge in [0.1, 0.15) is 23.8 Å². The van der Waals surface area contributed by atoms with Crippen LogP contribution in [0.4, 0.5) is 0 Å². The molecule has 1 N–H and O–H groups in total. The van der Waals surface area contributed by atoms with Gasteiger partial charge in [0, 0.05) is 30.4 Å². The minimum atomic E-state index is -0.0985. The maximum absolute atomic E-state index is 12.1. The van der Waals surface area contributed by atoms with Crippen LogP contribution in [0.5, 0.6) is 5.75 Å². The minimum Gasteiger partial charge on any atom is -0.497 e. The maximum atomic E-state index is 12.1. The molecule has 0 fully saturated rings. The van der Waals surface area contributed by atoms with Crippen molar-refractivity contribution in [3.8, 4) is 17.1 Å². The summed E-state index contributed by atoms with van der Waals surface area (Å²) < 4.78 is 12.4. The van der Waals surface area contributed by atoms with Crippen LogP contribution >= 0.6 is 0 Å². The number of aromatic nitrogens is 3. The number of nitrogens with one attached hydrogen (secondary N) is 1. The van der Waals surface area contributed by atoms with Crippen molar-refractivity contribution < 1.29 is 14.1 Å². The van der Waals surface area contributed by atoms with Crippen molar-refractivity contribution in [2.45, 2.75) is 26.4 Å². The van der Waals surface area contributed by atoms with Gasteiger partial charge in [-0.25, -0.2) is 4.98 Å². The Morgan fingerprint density at radius 3 is 3.04 bits per heavy atom. The van der Waals surface area contributed by atoms with Gasteiger partial charge in [-0.05, 0) is 12.1 Å². The predicted octanol–water partition coefficient (Wildman–Crippen LogP) is 2.43. The smallest absolute Gasteiger partial charge is 0.240 e. The average molecular weight is 340 g/mol. The molecule has 7 nitrogen and oxygen atoms in total. The third-order valence-corrected chi connectivity index (χ3v) is 3.81. The Balaban J connectivity index is 1.59. The zero-order chi connectivity index (χ0) is 17.6. The van der Waals surface area contributed by atoms with E-state index >= 15 is 0 Å². The first-order valence-electron chi connectivity index (χ1n) is 8.06. The van der Waals surface area contributed by atoms with Gasteiger partial charge in [0.15, 0.2) is 5.76 Å². The summed E-state index contributed by atoms with van der Waals surface area (Å²) in [5.41, 5.74) is 1.53. The quantitative estimate of drug-likeness (QED) is 0.714. The molecular weight excluding hydrogens is 320 g/mol. The third kappa shape index (κ3) is 4.06. The molecule has 0 unspecified atom stereocenters. The molecule has 0 atom stereocenters. The van der Waals surface area contributed by atoms with Gasteiger partial charge in [-0.3, -0.25) is 4.79 Å². The van der Waals surface area contributed by atoms with Gasteiger partial charge < -0.3 is 19.1 Å². The summed E-state index contributed by atoms with van der Waals surface area (Å²) in [7, 11) is 1.62. The lowest BCUT2D eigenvalue weighted by atomic mass is 10.1. The molecule has 0 aliphatic rings. The second-order valence-electron chi connectivity index (χ2n) is 5.52. The number of carbonyl (C=O) groups excluding carboxylic acids is 1. The number of benzene rings is 1. The van der Waals surface area contributed by atoms with E-state index in [4.69, 9.17) is 9.26 Å². The van der Waals surface area contributed by atoms with Crippen LogP contribution in [-0.2, 0) is 24.3 Å². The van der Waals surface area contributed by atoms with E-state index in [-0.39, 0.29) is 12.5 Å². The highest BCUT2D eigenvalue weighted by atomic mass is 16.5. The number of rotatable bonds is 7. The summed E-state index contributed by atoms with van der Waals surface area (Å²) in [5.74, 6) is 2.16. The first-order chi connectivity index (χ1) is 12.2. The normalized spacial score (nSPS) is 10.6. The lowest BCUT2D eigenvalue weighted by molar-refractivity contribution is -0.121. The largest absolute Gasteiger partial charge is 0.497 e. The molecule has 25 heavy (non-hydrogen) atoms. The van der Waals surface area contributed by atoms with Crippen LogP contribution in [0.25, 0.3) is 11.3 Å². The number of methoxy groups -OCH3 is 1. The minimum absolute atomic E-state index is 0.0985. The molecule has 1 amide bonds. The molecule has 3 aromatic rings. The second-order valence-corrected chi connectivity index (χ2v) is 5.52. The number of imidazole rings is 1. The number of aryl methyl sites for hydroxylation is 1. The Labute approximate surface area is 145 Å². The van der Waals surface area contributed by atoms with Crippen molar-refractivity contribution in [2.75, 3.05) is 7.11 Å². The van der Waals surface area contributed by atoms with Crippen LogP contribution in [0.1, 0.15) is 18.4 Å². The zero-order valence-corrected chi connectivity index (χ0v) is 14.2. The molecule has 1 aromatic carbocycles. The molecule has 0 saturated heterocycles. The molecule has 2 heterocycles. The van der Waals surface area contributed by atoms with Gasteiger partial charge in [0.25, 0.3) is 0 Å². The van der Waals surface area contributed by atoms with E-state index in [2.05, 4.69) is 15.5 Å². The molecule has 130 valence electrons. The fourth-order valence-electron chi connectivity index (χ4n) is 2.51. The Morgan fingerprint density at radius 1 is 1.36 bits per heavy atom. The number of hydrogen-bond acceptors (Lipinski definition) is 5. The maximum Gasteiger partial charge on any atom is 0.240 e. The SMILES string of the molecule is CCc1nccn1CC(=O)NCc1cc(-c2cccc(OC)c2)on1. The third-order valence-electron chi connectivity index (χ3n) is 3.81. The van der Waals surface area contributed by atoms with Gasteiger partial charge >= 0.3 is 0 Å². The fraction of sp³-hybridized carbons (Fsp3) is 0.278. The highest BCUT2D eigenvalue weighted by Crippen LogP contribution is 2.24. The molecule has 0 aliphatic heterocycles. The van der Waals surface area contributed by atoms with E-state index in [9.17, 15) is 4.79 Å². The van der Waals surface area contributed by atoms with Crippen molar-refractivity contribution in [1.29, 1.82) is 0 Å². The summed E-state index contributed by atoms with van der Waals surface area (Å²) in [5, 5.41) is 6.84. The van der Waals surface area contributed by atoms with Gasteiger partial charge in [0.05, 0.1) is 13.7 Å². The number of carbonyl (C=O) groups is 1. The average Bonchev–Trinajstić information content (AvgIpc) is 3.29. The Bertz CT molecular complexity index is 853. The highest BCUT2D eigenvalue weighted by molar-refractivity contribution is 5.75. The summed E-state index contributed by atoms with van der Waals surface area (Å²) in [6.45, 7) is 2.55. The molecule has 7 heteroatoms. The van der Waals surface area contributed by atoms with Crippen molar-refractivity contribution in [2.24, 2.45) is 0 Å². The van der Waals surface area contributed by atoms with Gasteiger partial charge in [-0.15, -0.1) is 0 Å². The highest BCUT2D eigenvalue weighted by Gasteiger charge is 2.10. The monoisotopic (exact) mass is 340 g/mol. The van der Waals surface area contributed by atoms with Crippen molar-refractivity contribution in [1.82, 2.24) is 20.0 Å². The van der Waals surface area contributed by atoms with Crippen molar-refractivity contribution in [3.63, 3.8) is 0 Å². The van der Waals surface area contributed by atoms with Gasteiger partial charge in [0.2, 0.25) is 5.91 Å². The lowest BCUT2D eigenvalue weighted by Crippen LogP contribution is -2.27. The van der Waals surface area contributed by atoms with E-state index in [1.54, 1.807) is 19.5 Å². The summed E-state index contributed by atoms with van der Waals surface area (Å²) >= 11 is 0. The van der Waals surface area contributed by atoms with E-state index in [0.29, 0.717) is 18.0 Å². The number of amides is 1. The first kappa shape index (κ1) is 16.8. The second kappa shape index (κ2) is 7.65. The van der Waals surface area contributed by atoms with E-state index < -0.39 is 0 Å². The van der Waals surface area contributed by atoms with Crippen LogP contribution < -0.4 is 10.1 Å². The Kier molecular flexibility index (Phi) is 5.13. The predicted molar refractivity (Wildman–Crippen MR) is 91.9 cm³/mol. The summed E-state index contributed by atoms with van der Waals surface area (Å²) in [6, 6.07) is 9.34. The van der Waals surface area contributed by atoms with E-state index in [1.165, 1.54) is 0 Å². The molecule has 0 saturated carbocycles. The molecular formula is C18H20N4O3. The molecule has 0 spiro atoms. The topological polar surface area (TPSA) is 82.2 Å². The lowest BCUT2D eigenvalue weighted by Gasteiger charge is -2.06. The number of hydrogen-bond donors (Lipinski definition) is 1. The fourth-order valence-corrected chi connectivity index (χ4v) is 2.51.